The Morgan fingerprint density at radius 2 is 2.06 bits per heavy atom. The van der Waals surface area contributed by atoms with Gasteiger partial charge >= 0.3 is 5.97 Å². The first-order valence-electron chi connectivity index (χ1n) is 4.90. The van der Waals surface area contributed by atoms with Crippen LogP contribution in [0.5, 0.6) is 0 Å². The van der Waals surface area contributed by atoms with Crippen LogP contribution in [-0.4, -0.2) is 11.0 Å². The van der Waals surface area contributed by atoms with Crippen LogP contribution in [0.3, 0.4) is 0 Å². The fourth-order valence-corrected chi connectivity index (χ4v) is 1.46. The molecule has 0 fully saturated rings. The van der Waals surface area contributed by atoms with Crippen LogP contribution in [0.4, 0.5) is 4.39 Å². The van der Waals surface area contributed by atoms with Gasteiger partial charge in [0.2, 0.25) is 0 Å². The smallest absolute Gasteiger partial charge is 0.355 e. The second-order valence-electron chi connectivity index (χ2n) is 3.43. The molecule has 17 heavy (non-hydrogen) atoms. The lowest BCUT2D eigenvalue weighted by atomic mass is 10.2. The summed E-state index contributed by atoms with van der Waals surface area (Å²) in [5, 5.41) is 0.443. The number of carbonyl (C=O) groups excluding carboxylic acids is 1. The highest BCUT2D eigenvalue weighted by molar-refractivity contribution is 6.30. The minimum absolute atomic E-state index is 0.0930. The second kappa shape index (κ2) is 5.01. The van der Waals surface area contributed by atoms with Gasteiger partial charge in [0.25, 0.3) is 0 Å². The van der Waals surface area contributed by atoms with E-state index in [1.807, 2.05) is 0 Å². The third-order valence-corrected chi connectivity index (χ3v) is 2.37. The number of nitrogens with one attached hydrogen (secondary N) is 1. The van der Waals surface area contributed by atoms with Gasteiger partial charge in [0.15, 0.2) is 0 Å². The lowest BCUT2D eigenvalue weighted by molar-refractivity contribution is 0.0466. The topological polar surface area (TPSA) is 42.1 Å². The van der Waals surface area contributed by atoms with Crippen LogP contribution in [0.15, 0.2) is 36.5 Å². The van der Waals surface area contributed by atoms with E-state index in [0.29, 0.717) is 5.02 Å². The number of aromatic nitrogens is 1. The van der Waals surface area contributed by atoms with Crippen LogP contribution in [-0.2, 0) is 11.3 Å². The number of hydrogen-bond acceptors (Lipinski definition) is 2. The molecule has 2 rings (SSSR count). The number of hydrogen-bond donors (Lipinski definition) is 1. The summed E-state index contributed by atoms with van der Waals surface area (Å²) in [4.78, 5) is 14.2. The van der Waals surface area contributed by atoms with Crippen LogP contribution in [0, 0.1) is 5.82 Å². The quantitative estimate of drug-likeness (QED) is 0.854. The number of carbonyl (C=O) groups is 1. The average Bonchev–Trinajstić information content (AvgIpc) is 2.75. The second-order valence-corrected chi connectivity index (χ2v) is 3.87. The summed E-state index contributed by atoms with van der Waals surface area (Å²) in [6, 6.07) is 7.23. The summed E-state index contributed by atoms with van der Waals surface area (Å²) in [7, 11) is 0. The highest BCUT2D eigenvalue weighted by Crippen LogP contribution is 2.11. The maximum absolute atomic E-state index is 12.6. The molecule has 5 heteroatoms. The van der Waals surface area contributed by atoms with Crippen LogP contribution < -0.4 is 0 Å². The van der Waals surface area contributed by atoms with E-state index in [9.17, 15) is 9.18 Å². The molecule has 0 radical (unpaired) electrons. The maximum Gasteiger partial charge on any atom is 0.355 e. The Bertz CT molecular complexity index is 522. The molecular formula is C12H9ClFNO2. The van der Waals surface area contributed by atoms with E-state index in [2.05, 4.69) is 4.98 Å². The molecule has 0 aliphatic heterocycles. The van der Waals surface area contributed by atoms with Crippen molar-refractivity contribution >= 4 is 17.6 Å². The van der Waals surface area contributed by atoms with Gasteiger partial charge in [0.1, 0.15) is 18.1 Å². The van der Waals surface area contributed by atoms with Crippen LogP contribution in [0.25, 0.3) is 0 Å². The van der Waals surface area contributed by atoms with Crippen LogP contribution in [0.1, 0.15) is 16.1 Å². The largest absolute Gasteiger partial charge is 0.456 e. The molecule has 0 bridgehead atoms. The zero-order chi connectivity index (χ0) is 12.3. The lowest BCUT2D eigenvalue weighted by Gasteiger charge is -2.03. The summed E-state index contributed by atoms with van der Waals surface area (Å²) in [6.45, 7) is 0.0930. The van der Waals surface area contributed by atoms with E-state index in [1.165, 1.54) is 24.4 Å². The molecule has 1 N–H and O–H groups in total. The van der Waals surface area contributed by atoms with Gasteiger partial charge < -0.3 is 9.72 Å². The van der Waals surface area contributed by atoms with Crippen molar-refractivity contribution < 1.29 is 13.9 Å². The van der Waals surface area contributed by atoms with Crippen molar-refractivity contribution in [3.05, 3.63) is 58.6 Å². The van der Waals surface area contributed by atoms with Crippen molar-refractivity contribution in [1.29, 1.82) is 0 Å². The first kappa shape index (κ1) is 11.7. The van der Waals surface area contributed by atoms with Gasteiger partial charge in [-0.3, -0.25) is 0 Å². The monoisotopic (exact) mass is 253 g/mol. The zero-order valence-corrected chi connectivity index (χ0v) is 9.50. The normalized spacial score (nSPS) is 10.2. The first-order chi connectivity index (χ1) is 8.15. The third-order valence-electron chi connectivity index (χ3n) is 2.15. The standard InChI is InChI=1S/C12H9ClFNO2/c13-9-5-11(15-6-9)12(16)17-7-8-1-3-10(14)4-2-8/h1-6,15H,7H2. The predicted molar refractivity (Wildman–Crippen MR) is 61.3 cm³/mol. The number of esters is 1. The summed E-state index contributed by atoms with van der Waals surface area (Å²) in [5.74, 6) is -0.822. The summed E-state index contributed by atoms with van der Waals surface area (Å²) >= 11 is 5.66. The molecule has 3 nitrogen and oxygen atoms in total. The SMILES string of the molecule is O=C(OCc1ccc(F)cc1)c1cc(Cl)c[nH]1. The minimum Gasteiger partial charge on any atom is -0.456 e. The van der Waals surface area contributed by atoms with E-state index < -0.39 is 5.97 Å². The number of H-pyrrole nitrogens is 1. The van der Waals surface area contributed by atoms with Gasteiger partial charge in [-0.25, -0.2) is 9.18 Å². The molecule has 1 heterocycles. The minimum atomic E-state index is -0.499. The molecule has 0 saturated heterocycles. The van der Waals surface area contributed by atoms with E-state index >= 15 is 0 Å². The number of aromatic amines is 1. The van der Waals surface area contributed by atoms with Crippen molar-refractivity contribution in [2.75, 3.05) is 0 Å². The molecule has 88 valence electrons. The first-order valence-corrected chi connectivity index (χ1v) is 5.28. The van der Waals surface area contributed by atoms with E-state index in [0.717, 1.165) is 5.56 Å². The number of ether oxygens (including phenoxy) is 1. The molecule has 0 spiro atoms. The fraction of sp³-hybridized carbons (Fsp3) is 0.0833. The zero-order valence-electron chi connectivity index (χ0n) is 8.74. The van der Waals surface area contributed by atoms with Crippen molar-refractivity contribution in [1.82, 2.24) is 4.98 Å². The van der Waals surface area contributed by atoms with Gasteiger partial charge in [-0.1, -0.05) is 23.7 Å². The Hall–Kier alpha value is -1.81. The molecule has 1 aromatic carbocycles. The molecule has 2 aromatic rings. The van der Waals surface area contributed by atoms with Gasteiger partial charge in [-0.15, -0.1) is 0 Å². The number of benzene rings is 1. The molecule has 0 aliphatic rings. The van der Waals surface area contributed by atoms with Crippen LogP contribution >= 0.6 is 11.6 Å². The van der Waals surface area contributed by atoms with Crippen molar-refractivity contribution in [3.8, 4) is 0 Å². The molecule has 0 amide bonds. The Balaban J connectivity index is 1.94. The van der Waals surface area contributed by atoms with Crippen LogP contribution in [0.2, 0.25) is 5.02 Å². The molecular weight excluding hydrogens is 245 g/mol. The van der Waals surface area contributed by atoms with Gasteiger partial charge in [-0.2, -0.15) is 0 Å². The Labute approximate surface area is 102 Å². The maximum atomic E-state index is 12.6. The average molecular weight is 254 g/mol. The highest BCUT2D eigenvalue weighted by atomic mass is 35.5. The van der Waals surface area contributed by atoms with Gasteiger partial charge in [0, 0.05) is 6.20 Å². The molecule has 0 aliphatic carbocycles. The Morgan fingerprint density at radius 1 is 1.35 bits per heavy atom. The fourth-order valence-electron chi connectivity index (χ4n) is 1.29. The summed E-state index contributed by atoms with van der Waals surface area (Å²) in [5.41, 5.74) is 1.01. The molecule has 0 unspecified atom stereocenters. The van der Waals surface area contributed by atoms with E-state index in [1.54, 1.807) is 12.1 Å². The van der Waals surface area contributed by atoms with E-state index in [4.69, 9.17) is 16.3 Å². The highest BCUT2D eigenvalue weighted by Gasteiger charge is 2.09. The Kier molecular flexibility index (Phi) is 3.44. The predicted octanol–water partition coefficient (Wildman–Crippen LogP) is 3.16. The Morgan fingerprint density at radius 3 is 2.65 bits per heavy atom. The lowest BCUT2D eigenvalue weighted by Crippen LogP contribution is -2.05. The third kappa shape index (κ3) is 3.07. The molecule has 1 aromatic heterocycles. The number of rotatable bonds is 3. The summed E-state index contributed by atoms with van der Waals surface area (Å²) in [6.07, 6.45) is 1.50. The van der Waals surface area contributed by atoms with Crippen molar-refractivity contribution in [2.45, 2.75) is 6.61 Å². The van der Waals surface area contributed by atoms with Crippen molar-refractivity contribution in [2.24, 2.45) is 0 Å². The molecule has 0 atom stereocenters. The summed E-state index contributed by atoms with van der Waals surface area (Å²) < 4.78 is 17.6. The van der Waals surface area contributed by atoms with Crippen molar-refractivity contribution in [3.63, 3.8) is 0 Å². The number of halogens is 2. The van der Waals surface area contributed by atoms with E-state index in [-0.39, 0.29) is 18.1 Å². The molecule has 0 saturated carbocycles. The van der Waals surface area contributed by atoms with Gasteiger partial charge in [0.05, 0.1) is 5.02 Å². The van der Waals surface area contributed by atoms with Gasteiger partial charge in [-0.05, 0) is 23.8 Å².